The van der Waals surface area contributed by atoms with Crippen molar-refractivity contribution < 1.29 is 23.5 Å². The maximum atomic E-state index is 13.8. The molecule has 1 aliphatic carbocycles. The van der Waals surface area contributed by atoms with E-state index in [1.165, 1.54) is 35.5 Å². The number of nitrogens with one attached hydrogen (secondary N) is 1. The summed E-state index contributed by atoms with van der Waals surface area (Å²) < 4.78 is 24.7. The van der Waals surface area contributed by atoms with Crippen molar-refractivity contribution in [2.45, 2.75) is 44.2 Å². The summed E-state index contributed by atoms with van der Waals surface area (Å²) in [5, 5.41) is 5.03. The lowest BCUT2D eigenvalue weighted by Gasteiger charge is -2.33. The second kappa shape index (κ2) is 11.4. The van der Waals surface area contributed by atoms with E-state index in [2.05, 4.69) is 5.32 Å². The van der Waals surface area contributed by atoms with Gasteiger partial charge in [0.15, 0.2) is 0 Å². The molecule has 1 heterocycles. The lowest BCUT2D eigenvalue weighted by atomic mass is 10.0. The van der Waals surface area contributed by atoms with Crippen molar-refractivity contribution in [1.82, 2.24) is 5.32 Å². The summed E-state index contributed by atoms with van der Waals surface area (Å²) in [4.78, 5) is 30.0. The summed E-state index contributed by atoms with van der Waals surface area (Å²) in [7, 11) is 3.05. The van der Waals surface area contributed by atoms with Gasteiger partial charge >= 0.3 is 0 Å². The third kappa shape index (κ3) is 5.82. The number of anilines is 1. The van der Waals surface area contributed by atoms with Crippen LogP contribution in [0.3, 0.4) is 0 Å². The fraction of sp³-hybridized carbons (Fsp3) is 0.333. The van der Waals surface area contributed by atoms with E-state index in [0.717, 1.165) is 30.6 Å². The van der Waals surface area contributed by atoms with E-state index in [9.17, 15) is 14.0 Å². The van der Waals surface area contributed by atoms with Gasteiger partial charge in [-0.3, -0.25) is 14.5 Å². The van der Waals surface area contributed by atoms with Crippen LogP contribution in [0.5, 0.6) is 11.5 Å². The molecule has 0 radical (unpaired) electrons. The minimum atomic E-state index is -1.01. The highest BCUT2D eigenvalue weighted by Gasteiger charge is 2.36. The SMILES string of the molecule is COc1ccc(N(C(=O)Cc2cccs2)C(C(=O)NC2CCCC2)c2ccc(F)cc2)c(OC)c1. The highest BCUT2D eigenvalue weighted by atomic mass is 32.1. The molecule has 2 amide bonds. The van der Waals surface area contributed by atoms with Crippen LogP contribution in [0.1, 0.15) is 42.2 Å². The van der Waals surface area contributed by atoms with Gasteiger partial charge in [-0.1, -0.05) is 31.0 Å². The molecule has 1 atom stereocenters. The minimum Gasteiger partial charge on any atom is -0.497 e. The van der Waals surface area contributed by atoms with Gasteiger partial charge in [0.1, 0.15) is 23.4 Å². The Kier molecular flexibility index (Phi) is 8.02. The van der Waals surface area contributed by atoms with E-state index in [-0.39, 0.29) is 24.3 Å². The number of amides is 2. The van der Waals surface area contributed by atoms with Crippen LogP contribution in [-0.4, -0.2) is 32.1 Å². The Bertz CT molecular complexity index is 1140. The summed E-state index contributed by atoms with van der Waals surface area (Å²) in [6.45, 7) is 0. The smallest absolute Gasteiger partial charge is 0.248 e. The first kappa shape index (κ1) is 24.7. The molecule has 1 fully saturated rings. The third-order valence-electron chi connectivity index (χ3n) is 6.21. The molecule has 35 heavy (non-hydrogen) atoms. The summed E-state index contributed by atoms with van der Waals surface area (Å²) in [6.07, 6.45) is 4.02. The number of benzene rings is 2. The van der Waals surface area contributed by atoms with Crippen molar-refractivity contribution >= 4 is 28.8 Å². The fourth-order valence-corrected chi connectivity index (χ4v) is 5.16. The number of methoxy groups -OCH3 is 2. The summed E-state index contributed by atoms with van der Waals surface area (Å²) in [6, 6.07) is 13.6. The molecule has 1 saturated carbocycles. The second-order valence-electron chi connectivity index (χ2n) is 8.50. The van der Waals surface area contributed by atoms with Crippen LogP contribution in [0, 0.1) is 5.82 Å². The topological polar surface area (TPSA) is 67.9 Å². The first-order valence-corrected chi connectivity index (χ1v) is 12.5. The monoisotopic (exact) mass is 496 g/mol. The molecule has 0 spiro atoms. The zero-order valence-corrected chi connectivity index (χ0v) is 20.6. The van der Waals surface area contributed by atoms with E-state index >= 15 is 0 Å². The molecule has 6 nitrogen and oxygen atoms in total. The molecule has 8 heteroatoms. The van der Waals surface area contributed by atoms with Crippen LogP contribution < -0.4 is 19.7 Å². The molecular weight excluding hydrogens is 467 g/mol. The molecular formula is C27H29FN2O4S. The molecule has 0 bridgehead atoms. The molecule has 184 valence electrons. The average Bonchev–Trinajstić information content (AvgIpc) is 3.57. The minimum absolute atomic E-state index is 0.0532. The van der Waals surface area contributed by atoms with E-state index in [1.54, 1.807) is 37.4 Å². The molecule has 1 aromatic heterocycles. The summed E-state index contributed by atoms with van der Waals surface area (Å²) in [5.74, 6) is -0.0374. The molecule has 1 aliphatic rings. The van der Waals surface area contributed by atoms with Gasteiger partial charge in [0.2, 0.25) is 11.8 Å². The lowest BCUT2D eigenvalue weighted by Crippen LogP contribution is -2.47. The zero-order valence-electron chi connectivity index (χ0n) is 19.8. The molecule has 4 rings (SSSR count). The lowest BCUT2D eigenvalue weighted by molar-refractivity contribution is -0.127. The van der Waals surface area contributed by atoms with Gasteiger partial charge in [-0.15, -0.1) is 11.3 Å². The van der Waals surface area contributed by atoms with E-state index < -0.39 is 11.9 Å². The number of rotatable bonds is 9. The van der Waals surface area contributed by atoms with Crippen LogP contribution in [0.4, 0.5) is 10.1 Å². The Balaban J connectivity index is 1.82. The summed E-state index contributed by atoms with van der Waals surface area (Å²) in [5.41, 5.74) is 0.949. The Morgan fingerprint density at radius 1 is 1.09 bits per heavy atom. The Hall–Kier alpha value is -3.39. The van der Waals surface area contributed by atoms with Crippen LogP contribution >= 0.6 is 11.3 Å². The maximum absolute atomic E-state index is 13.8. The highest BCUT2D eigenvalue weighted by Crippen LogP contribution is 2.38. The third-order valence-corrected chi connectivity index (χ3v) is 7.09. The molecule has 0 saturated heterocycles. The van der Waals surface area contributed by atoms with Crippen molar-refractivity contribution in [3.63, 3.8) is 0 Å². The van der Waals surface area contributed by atoms with E-state index in [0.29, 0.717) is 22.7 Å². The van der Waals surface area contributed by atoms with Crippen LogP contribution in [0.25, 0.3) is 0 Å². The Morgan fingerprint density at radius 3 is 2.46 bits per heavy atom. The van der Waals surface area contributed by atoms with Crippen molar-refractivity contribution in [3.8, 4) is 11.5 Å². The second-order valence-corrected chi connectivity index (χ2v) is 9.53. The Morgan fingerprint density at radius 2 is 1.83 bits per heavy atom. The van der Waals surface area contributed by atoms with Crippen LogP contribution in [-0.2, 0) is 16.0 Å². The normalized spacial score (nSPS) is 14.4. The maximum Gasteiger partial charge on any atom is 0.248 e. The van der Waals surface area contributed by atoms with Gasteiger partial charge < -0.3 is 14.8 Å². The number of carbonyl (C=O) groups excluding carboxylic acids is 2. The van der Waals surface area contributed by atoms with Gasteiger partial charge in [-0.05, 0) is 54.1 Å². The standard InChI is InChI=1S/C27H29FN2O4S/c1-33-21-13-14-23(24(16-21)34-2)30(25(31)17-22-8-5-15-35-22)26(18-9-11-19(28)12-10-18)27(32)29-20-6-3-4-7-20/h5,8-16,20,26H,3-4,6-7,17H2,1-2H3,(H,29,32). The first-order chi connectivity index (χ1) is 17.0. The van der Waals surface area contributed by atoms with Crippen molar-refractivity contribution in [1.29, 1.82) is 0 Å². The number of ether oxygens (including phenoxy) is 2. The van der Waals surface area contributed by atoms with Gasteiger partial charge in [0.25, 0.3) is 0 Å². The predicted molar refractivity (Wildman–Crippen MR) is 135 cm³/mol. The molecule has 0 aliphatic heterocycles. The molecule has 3 aromatic rings. The quantitative estimate of drug-likeness (QED) is 0.438. The van der Waals surface area contributed by atoms with Crippen LogP contribution in [0.15, 0.2) is 60.0 Å². The van der Waals surface area contributed by atoms with Gasteiger partial charge in [-0.2, -0.15) is 0 Å². The largest absolute Gasteiger partial charge is 0.497 e. The number of carbonyl (C=O) groups is 2. The average molecular weight is 497 g/mol. The van der Waals surface area contributed by atoms with E-state index in [1.807, 2.05) is 17.5 Å². The van der Waals surface area contributed by atoms with E-state index in [4.69, 9.17) is 9.47 Å². The number of nitrogens with zero attached hydrogens (tertiary/aromatic N) is 1. The molecule has 1 unspecified atom stereocenters. The predicted octanol–water partition coefficient (Wildman–Crippen LogP) is 5.28. The zero-order chi connectivity index (χ0) is 24.8. The van der Waals surface area contributed by atoms with Gasteiger partial charge in [0, 0.05) is 17.0 Å². The highest BCUT2D eigenvalue weighted by molar-refractivity contribution is 7.10. The number of hydrogen-bond donors (Lipinski definition) is 1. The summed E-state index contributed by atoms with van der Waals surface area (Å²) >= 11 is 1.48. The fourth-order valence-electron chi connectivity index (χ4n) is 4.46. The molecule has 1 N–H and O–H groups in total. The number of thiophene rings is 1. The first-order valence-electron chi connectivity index (χ1n) is 11.6. The van der Waals surface area contributed by atoms with Gasteiger partial charge in [0.05, 0.1) is 26.3 Å². The molecule has 2 aromatic carbocycles. The number of halogens is 1. The van der Waals surface area contributed by atoms with Crippen molar-refractivity contribution in [2.24, 2.45) is 0 Å². The van der Waals surface area contributed by atoms with Gasteiger partial charge in [-0.25, -0.2) is 4.39 Å². The Labute approximate surface area is 208 Å². The van der Waals surface area contributed by atoms with Crippen molar-refractivity contribution in [2.75, 3.05) is 19.1 Å². The number of hydrogen-bond acceptors (Lipinski definition) is 5. The van der Waals surface area contributed by atoms with Crippen molar-refractivity contribution in [3.05, 3.63) is 76.2 Å². The van der Waals surface area contributed by atoms with Crippen LogP contribution in [0.2, 0.25) is 0 Å².